The van der Waals surface area contributed by atoms with Crippen LogP contribution in [0.25, 0.3) is 0 Å². The molecule has 122 valence electrons. The second-order valence-corrected chi connectivity index (χ2v) is 7.18. The molecule has 1 N–H and O–H groups in total. The van der Waals surface area contributed by atoms with Crippen molar-refractivity contribution in [1.82, 2.24) is 5.32 Å². The van der Waals surface area contributed by atoms with Crippen LogP contribution in [0.15, 0.2) is 42.5 Å². The van der Waals surface area contributed by atoms with Crippen LogP contribution in [-0.4, -0.2) is 18.2 Å². The third-order valence-corrected chi connectivity index (χ3v) is 4.89. The van der Waals surface area contributed by atoms with E-state index in [1.165, 1.54) is 16.7 Å². The number of hydrogen-bond donors (Lipinski definition) is 1. The fourth-order valence-electron chi connectivity index (χ4n) is 2.26. The Balaban J connectivity index is 1.67. The summed E-state index contributed by atoms with van der Waals surface area (Å²) in [5, 5.41) is 3.75. The minimum atomic E-state index is 0.0887. The first-order valence-electron chi connectivity index (χ1n) is 7.69. The number of benzene rings is 2. The van der Waals surface area contributed by atoms with Gasteiger partial charge in [-0.1, -0.05) is 47.5 Å². The summed E-state index contributed by atoms with van der Waals surface area (Å²) in [7, 11) is 0. The highest BCUT2D eigenvalue weighted by atomic mass is 35.5. The molecule has 2 rings (SSSR count). The second-order valence-electron chi connectivity index (χ2n) is 5.64. The van der Waals surface area contributed by atoms with Gasteiger partial charge in [0.05, 0.1) is 6.42 Å². The van der Waals surface area contributed by atoms with Crippen molar-refractivity contribution in [3.8, 4) is 0 Å². The number of amides is 1. The van der Waals surface area contributed by atoms with E-state index in [9.17, 15) is 4.79 Å². The summed E-state index contributed by atoms with van der Waals surface area (Å²) in [5.41, 5.74) is 4.72. The largest absolute Gasteiger partial charge is 0.355 e. The van der Waals surface area contributed by atoms with Gasteiger partial charge in [-0.3, -0.25) is 4.79 Å². The zero-order valence-electron chi connectivity index (χ0n) is 13.6. The predicted molar refractivity (Wildman–Crippen MR) is 100 cm³/mol. The van der Waals surface area contributed by atoms with Gasteiger partial charge in [-0.2, -0.15) is 11.8 Å². The van der Waals surface area contributed by atoms with Gasteiger partial charge in [-0.05, 0) is 42.7 Å². The molecule has 0 spiro atoms. The van der Waals surface area contributed by atoms with Gasteiger partial charge in [0.2, 0.25) is 5.91 Å². The average Bonchev–Trinajstić information content (AvgIpc) is 2.52. The Bertz CT molecular complexity index is 655. The zero-order chi connectivity index (χ0) is 16.7. The maximum atomic E-state index is 12.0. The minimum absolute atomic E-state index is 0.0887. The topological polar surface area (TPSA) is 29.1 Å². The van der Waals surface area contributed by atoms with E-state index < -0.39 is 0 Å². The fourth-order valence-corrected chi connectivity index (χ4v) is 3.20. The molecule has 0 heterocycles. The molecule has 0 saturated carbocycles. The second kappa shape index (κ2) is 8.99. The zero-order valence-corrected chi connectivity index (χ0v) is 15.1. The lowest BCUT2D eigenvalue weighted by molar-refractivity contribution is -0.120. The lowest BCUT2D eigenvalue weighted by atomic mass is 10.0. The van der Waals surface area contributed by atoms with E-state index >= 15 is 0 Å². The van der Waals surface area contributed by atoms with Gasteiger partial charge in [0, 0.05) is 23.1 Å². The molecule has 0 fully saturated rings. The van der Waals surface area contributed by atoms with E-state index in [2.05, 4.69) is 23.5 Å². The predicted octanol–water partition coefficient (Wildman–Crippen LogP) is 4.55. The van der Waals surface area contributed by atoms with Crippen molar-refractivity contribution in [1.29, 1.82) is 0 Å². The number of rotatable bonds is 7. The maximum Gasteiger partial charge on any atom is 0.224 e. The first-order valence-corrected chi connectivity index (χ1v) is 9.23. The van der Waals surface area contributed by atoms with E-state index in [1.807, 2.05) is 49.9 Å². The van der Waals surface area contributed by atoms with Crippen molar-refractivity contribution >= 4 is 29.3 Å². The molecule has 2 aromatic carbocycles. The highest BCUT2D eigenvalue weighted by molar-refractivity contribution is 7.98. The number of nitrogens with one attached hydrogen (secondary N) is 1. The van der Waals surface area contributed by atoms with Gasteiger partial charge in [0.15, 0.2) is 0 Å². The molecule has 0 bridgehead atoms. The summed E-state index contributed by atoms with van der Waals surface area (Å²) in [6.07, 6.45) is 0.454. The van der Waals surface area contributed by atoms with Crippen molar-refractivity contribution in [3.63, 3.8) is 0 Å². The van der Waals surface area contributed by atoms with Crippen LogP contribution in [0, 0.1) is 13.8 Å². The quantitative estimate of drug-likeness (QED) is 0.744. The van der Waals surface area contributed by atoms with Crippen LogP contribution in [-0.2, 0) is 17.0 Å². The van der Waals surface area contributed by atoms with E-state index in [4.69, 9.17) is 11.6 Å². The van der Waals surface area contributed by atoms with Crippen LogP contribution in [0.4, 0.5) is 0 Å². The Morgan fingerprint density at radius 3 is 2.61 bits per heavy atom. The van der Waals surface area contributed by atoms with Crippen LogP contribution >= 0.6 is 23.4 Å². The molecule has 2 nitrogen and oxygen atoms in total. The number of thioether (sulfide) groups is 1. The first-order chi connectivity index (χ1) is 11.0. The van der Waals surface area contributed by atoms with Crippen molar-refractivity contribution in [2.75, 3.05) is 12.3 Å². The molecular formula is C19H22ClNOS. The Morgan fingerprint density at radius 2 is 1.87 bits per heavy atom. The highest BCUT2D eigenvalue weighted by Crippen LogP contribution is 2.15. The molecule has 0 saturated heterocycles. The summed E-state index contributed by atoms with van der Waals surface area (Å²) >= 11 is 7.67. The van der Waals surface area contributed by atoms with E-state index in [-0.39, 0.29) is 5.91 Å². The number of carbonyl (C=O) groups is 1. The molecule has 0 aliphatic carbocycles. The summed E-state index contributed by atoms with van der Waals surface area (Å²) in [6, 6.07) is 14.1. The van der Waals surface area contributed by atoms with E-state index in [1.54, 1.807) is 0 Å². The molecule has 0 unspecified atom stereocenters. The van der Waals surface area contributed by atoms with Gasteiger partial charge >= 0.3 is 0 Å². The monoisotopic (exact) mass is 347 g/mol. The third kappa shape index (κ3) is 6.28. The van der Waals surface area contributed by atoms with Crippen LogP contribution in [0.2, 0.25) is 5.02 Å². The van der Waals surface area contributed by atoms with Gasteiger partial charge in [0.25, 0.3) is 0 Å². The normalized spacial score (nSPS) is 10.6. The molecule has 4 heteroatoms. The van der Waals surface area contributed by atoms with Gasteiger partial charge in [-0.25, -0.2) is 0 Å². The smallest absolute Gasteiger partial charge is 0.224 e. The lowest BCUT2D eigenvalue weighted by Crippen LogP contribution is -2.27. The Kier molecular flexibility index (Phi) is 7.00. The molecule has 0 aliphatic heterocycles. The van der Waals surface area contributed by atoms with E-state index in [0.29, 0.717) is 13.0 Å². The van der Waals surface area contributed by atoms with Crippen LogP contribution in [0.3, 0.4) is 0 Å². The fraction of sp³-hybridized carbons (Fsp3) is 0.316. The summed E-state index contributed by atoms with van der Waals surface area (Å²) in [5.74, 6) is 1.93. The number of carbonyl (C=O) groups excluding carboxylic acids is 1. The molecule has 0 radical (unpaired) electrons. The Morgan fingerprint density at radius 1 is 1.13 bits per heavy atom. The molecular weight excluding hydrogens is 326 g/mol. The molecule has 0 aromatic heterocycles. The number of aryl methyl sites for hydroxylation is 2. The van der Waals surface area contributed by atoms with Crippen molar-refractivity contribution in [2.24, 2.45) is 0 Å². The molecule has 23 heavy (non-hydrogen) atoms. The molecule has 0 atom stereocenters. The van der Waals surface area contributed by atoms with Crippen molar-refractivity contribution < 1.29 is 4.79 Å². The standard InChI is InChI=1S/C19H22ClNOS/c1-14-3-4-15(2)17(11-14)12-19(22)21-9-10-23-13-16-5-7-18(20)8-6-16/h3-8,11H,9-10,12-13H2,1-2H3,(H,21,22). The summed E-state index contributed by atoms with van der Waals surface area (Å²) in [4.78, 5) is 12.0. The number of hydrogen-bond acceptors (Lipinski definition) is 2. The maximum absolute atomic E-state index is 12.0. The van der Waals surface area contributed by atoms with Gasteiger partial charge in [0.1, 0.15) is 0 Å². The van der Waals surface area contributed by atoms with Gasteiger partial charge < -0.3 is 5.32 Å². The summed E-state index contributed by atoms with van der Waals surface area (Å²) < 4.78 is 0. The summed E-state index contributed by atoms with van der Waals surface area (Å²) in [6.45, 7) is 4.79. The molecule has 1 amide bonds. The molecule has 2 aromatic rings. The minimum Gasteiger partial charge on any atom is -0.355 e. The van der Waals surface area contributed by atoms with E-state index in [0.717, 1.165) is 22.1 Å². The highest BCUT2D eigenvalue weighted by Gasteiger charge is 2.06. The average molecular weight is 348 g/mol. The first kappa shape index (κ1) is 17.9. The van der Waals surface area contributed by atoms with Crippen molar-refractivity contribution in [2.45, 2.75) is 26.0 Å². The van der Waals surface area contributed by atoms with Crippen LogP contribution in [0.5, 0.6) is 0 Å². The van der Waals surface area contributed by atoms with Crippen LogP contribution < -0.4 is 5.32 Å². The van der Waals surface area contributed by atoms with Gasteiger partial charge in [-0.15, -0.1) is 0 Å². The SMILES string of the molecule is Cc1ccc(C)c(CC(=O)NCCSCc2ccc(Cl)cc2)c1. The lowest BCUT2D eigenvalue weighted by Gasteiger charge is -2.08. The van der Waals surface area contributed by atoms with Crippen LogP contribution in [0.1, 0.15) is 22.3 Å². The Hall–Kier alpha value is -1.45. The molecule has 0 aliphatic rings. The Labute approximate surface area is 147 Å². The van der Waals surface area contributed by atoms with Crippen molar-refractivity contribution in [3.05, 3.63) is 69.7 Å². The third-order valence-electron chi connectivity index (χ3n) is 3.61. The number of halogens is 1.